The van der Waals surface area contributed by atoms with E-state index >= 15 is 0 Å². The number of hydrogen-bond donors (Lipinski definition) is 0. The van der Waals surface area contributed by atoms with Crippen LogP contribution < -0.4 is 0 Å². The first kappa shape index (κ1) is 9.47. The molecular weight excluding hydrogens is 186 g/mol. The summed E-state index contributed by atoms with van der Waals surface area (Å²) in [7, 11) is 0. The van der Waals surface area contributed by atoms with Crippen molar-refractivity contribution in [2.75, 3.05) is 0 Å². The molecule has 0 amide bonds. The Morgan fingerprint density at radius 3 is 2.93 bits per heavy atom. The monoisotopic (exact) mass is 197 g/mol. The molecule has 0 aliphatic heterocycles. The van der Waals surface area contributed by atoms with E-state index in [-0.39, 0.29) is 0 Å². The highest BCUT2D eigenvalue weighted by molar-refractivity contribution is 5.23. The normalized spacial score (nSPS) is 9.87. The Bertz CT molecular complexity index is 506. The summed E-state index contributed by atoms with van der Waals surface area (Å²) in [4.78, 5) is 4.39. The minimum atomic E-state index is 0.650. The zero-order valence-corrected chi connectivity index (χ0v) is 8.51. The molecule has 2 heterocycles. The van der Waals surface area contributed by atoms with Gasteiger partial charge in [-0.25, -0.2) is 0 Å². The third kappa shape index (κ3) is 2.05. The molecule has 74 valence electrons. The summed E-state index contributed by atoms with van der Waals surface area (Å²) in [6.07, 6.45) is 1.89. The molecule has 0 radical (unpaired) electrons. The minimum absolute atomic E-state index is 0.650. The van der Waals surface area contributed by atoms with Crippen LogP contribution in [0.2, 0.25) is 0 Å². The molecule has 0 saturated heterocycles. The van der Waals surface area contributed by atoms with Crippen LogP contribution in [0.5, 0.6) is 0 Å². The summed E-state index contributed by atoms with van der Waals surface area (Å²) in [5, 5.41) is 8.85. The second-order valence-electron chi connectivity index (χ2n) is 3.40. The van der Waals surface area contributed by atoms with Gasteiger partial charge in [0.1, 0.15) is 11.8 Å². The summed E-state index contributed by atoms with van der Waals surface area (Å²) in [6.45, 7) is 2.61. The average Bonchev–Trinajstić information content (AvgIpc) is 2.65. The molecular formula is C12H11N3. The molecule has 0 aliphatic rings. The lowest BCUT2D eigenvalue weighted by atomic mass is 10.3. The SMILES string of the molecule is Cc1cccc(Cn2cccc2C#N)n1. The van der Waals surface area contributed by atoms with Gasteiger partial charge in [-0.3, -0.25) is 4.98 Å². The average molecular weight is 197 g/mol. The first-order chi connectivity index (χ1) is 7.29. The number of hydrogen-bond acceptors (Lipinski definition) is 2. The molecule has 0 aromatic carbocycles. The van der Waals surface area contributed by atoms with Gasteiger partial charge in [-0.15, -0.1) is 0 Å². The van der Waals surface area contributed by atoms with Crippen LogP contribution in [0.25, 0.3) is 0 Å². The lowest BCUT2D eigenvalue weighted by Crippen LogP contribution is -2.02. The Morgan fingerprint density at radius 1 is 1.33 bits per heavy atom. The van der Waals surface area contributed by atoms with Crippen molar-refractivity contribution in [1.29, 1.82) is 5.26 Å². The highest BCUT2D eigenvalue weighted by Crippen LogP contribution is 2.05. The largest absolute Gasteiger partial charge is 0.333 e. The van der Waals surface area contributed by atoms with Gasteiger partial charge in [-0.1, -0.05) is 6.07 Å². The van der Waals surface area contributed by atoms with Crippen LogP contribution >= 0.6 is 0 Å². The molecule has 3 nitrogen and oxygen atoms in total. The Kier molecular flexibility index (Phi) is 2.51. The fourth-order valence-corrected chi connectivity index (χ4v) is 1.52. The Hall–Kier alpha value is -2.08. The van der Waals surface area contributed by atoms with E-state index in [1.165, 1.54) is 0 Å². The maximum atomic E-state index is 8.85. The van der Waals surface area contributed by atoms with Crippen LogP contribution in [0.1, 0.15) is 17.1 Å². The lowest BCUT2D eigenvalue weighted by molar-refractivity contribution is 0.766. The van der Waals surface area contributed by atoms with Crippen molar-refractivity contribution < 1.29 is 0 Å². The molecule has 15 heavy (non-hydrogen) atoms. The van der Waals surface area contributed by atoms with Crippen molar-refractivity contribution in [3.63, 3.8) is 0 Å². The van der Waals surface area contributed by atoms with Crippen molar-refractivity contribution in [2.24, 2.45) is 0 Å². The molecule has 2 rings (SSSR count). The van der Waals surface area contributed by atoms with Gasteiger partial charge in [-0.05, 0) is 31.2 Å². The first-order valence-electron chi connectivity index (χ1n) is 4.77. The van der Waals surface area contributed by atoms with Crippen LogP contribution in [0.3, 0.4) is 0 Å². The van der Waals surface area contributed by atoms with E-state index in [9.17, 15) is 0 Å². The van der Waals surface area contributed by atoms with Crippen LogP contribution in [-0.2, 0) is 6.54 Å². The zero-order valence-electron chi connectivity index (χ0n) is 8.51. The first-order valence-corrected chi connectivity index (χ1v) is 4.77. The fourth-order valence-electron chi connectivity index (χ4n) is 1.52. The summed E-state index contributed by atoms with van der Waals surface area (Å²) < 4.78 is 1.89. The van der Waals surface area contributed by atoms with E-state index in [1.807, 2.05) is 42.0 Å². The Morgan fingerprint density at radius 2 is 2.20 bits per heavy atom. The van der Waals surface area contributed by atoms with Crippen molar-refractivity contribution in [3.8, 4) is 6.07 Å². The van der Waals surface area contributed by atoms with Crippen molar-refractivity contribution in [3.05, 3.63) is 53.6 Å². The molecule has 0 bridgehead atoms. The molecule has 0 atom stereocenters. The fraction of sp³-hybridized carbons (Fsp3) is 0.167. The van der Waals surface area contributed by atoms with Gasteiger partial charge < -0.3 is 4.57 Å². The molecule has 2 aromatic rings. The topological polar surface area (TPSA) is 41.6 Å². The van der Waals surface area contributed by atoms with Crippen molar-refractivity contribution in [1.82, 2.24) is 9.55 Å². The van der Waals surface area contributed by atoms with Crippen LogP contribution in [0.4, 0.5) is 0 Å². The highest BCUT2D eigenvalue weighted by Gasteiger charge is 2.01. The van der Waals surface area contributed by atoms with Crippen LogP contribution in [0, 0.1) is 18.3 Å². The quantitative estimate of drug-likeness (QED) is 0.739. The third-order valence-corrected chi connectivity index (χ3v) is 2.22. The summed E-state index contributed by atoms with van der Waals surface area (Å²) >= 11 is 0. The highest BCUT2D eigenvalue weighted by atomic mass is 15.0. The number of nitrogens with zero attached hydrogens (tertiary/aromatic N) is 3. The number of aromatic nitrogens is 2. The lowest BCUT2D eigenvalue weighted by Gasteiger charge is -2.04. The number of aryl methyl sites for hydroxylation is 1. The zero-order chi connectivity index (χ0) is 10.7. The van der Waals surface area contributed by atoms with E-state index in [1.54, 1.807) is 6.07 Å². The van der Waals surface area contributed by atoms with Gasteiger partial charge in [0.25, 0.3) is 0 Å². The summed E-state index contributed by atoms with van der Waals surface area (Å²) in [5.74, 6) is 0. The van der Waals surface area contributed by atoms with E-state index in [2.05, 4.69) is 11.1 Å². The van der Waals surface area contributed by atoms with Crippen molar-refractivity contribution in [2.45, 2.75) is 13.5 Å². The standard InChI is InChI=1S/C12H11N3/c1-10-4-2-5-11(14-10)9-15-7-3-6-12(15)8-13/h2-7H,9H2,1H3. The smallest absolute Gasteiger partial charge is 0.120 e. The molecule has 0 aliphatic carbocycles. The van der Waals surface area contributed by atoms with Gasteiger partial charge in [0.15, 0.2) is 0 Å². The second kappa shape index (κ2) is 3.97. The van der Waals surface area contributed by atoms with Crippen LogP contribution in [-0.4, -0.2) is 9.55 Å². The molecule has 0 N–H and O–H groups in total. The van der Waals surface area contributed by atoms with Gasteiger partial charge >= 0.3 is 0 Å². The second-order valence-corrected chi connectivity index (χ2v) is 3.40. The van der Waals surface area contributed by atoms with E-state index in [0.29, 0.717) is 12.2 Å². The van der Waals surface area contributed by atoms with E-state index < -0.39 is 0 Å². The summed E-state index contributed by atoms with van der Waals surface area (Å²) in [5.41, 5.74) is 2.64. The van der Waals surface area contributed by atoms with Crippen molar-refractivity contribution >= 4 is 0 Å². The van der Waals surface area contributed by atoms with Gasteiger partial charge in [0.2, 0.25) is 0 Å². The predicted octanol–water partition coefficient (Wildman–Crippen LogP) is 2.11. The molecule has 0 fully saturated rings. The predicted molar refractivity (Wildman–Crippen MR) is 57.2 cm³/mol. The van der Waals surface area contributed by atoms with Gasteiger partial charge in [0, 0.05) is 11.9 Å². The van der Waals surface area contributed by atoms with Gasteiger partial charge in [-0.2, -0.15) is 5.26 Å². The third-order valence-electron chi connectivity index (χ3n) is 2.22. The number of rotatable bonds is 2. The minimum Gasteiger partial charge on any atom is -0.333 e. The maximum Gasteiger partial charge on any atom is 0.120 e. The molecule has 2 aromatic heterocycles. The number of pyridine rings is 1. The van der Waals surface area contributed by atoms with Crippen LogP contribution in [0.15, 0.2) is 36.5 Å². The van der Waals surface area contributed by atoms with E-state index in [0.717, 1.165) is 11.4 Å². The maximum absolute atomic E-state index is 8.85. The Balaban J connectivity index is 2.26. The molecule has 0 unspecified atom stereocenters. The Labute approximate surface area is 88.6 Å². The molecule has 0 spiro atoms. The molecule has 3 heteroatoms. The number of nitriles is 1. The van der Waals surface area contributed by atoms with E-state index in [4.69, 9.17) is 5.26 Å². The molecule has 0 saturated carbocycles. The summed E-state index contributed by atoms with van der Waals surface area (Å²) in [6, 6.07) is 11.7. The van der Waals surface area contributed by atoms with Gasteiger partial charge in [0.05, 0.1) is 12.2 Å².